The average Bonchev–Trinajstić information content (AvgIpc) is 2.75. The van der Waals surface area contributed by atoms with Crippen molar-refractivity contribution in [2.24, 2.45) is 4.99 Å². The molecule has 1 rings (SSSR count). The van der Waals surface area contributed by atoms with Crippen LogP contribution in [0.5, 0.6) is 0 Å². The summed E-state index contributed by atoms with van der Waals surface area (Å²) < 4.78 is 12.0. The molecule has 13 heavy (non-hydrogen) atoms. The summed E-state index contributed by atoms with van der Waals surface area (Å²) in [5, 5.41) is 25.1. The topological polar surface area (TPSA) is 100 Å². The van der Waals surface area contributed by atoms with E-state index in [0.29, 0.717) is 0 Å². The molecule has 0 aliphatic carbocycles. The van der Waals surface area contributed by atoms with Crippen molar-refractivity contribution in [3.8, 4) is 17.9 Å². The molecular formula is C6H5BFN5. The van der Waals surface area contributed by atoms with Gasteiger partial charge in [0.2, 0.25) is 0 Å². The zero-order valence-electron chi connectivity index (χ0n) is 6.55. The smallest absolute Gasteiger partial charge is 0.436 e. The summed E-state index contributed by atoms with van der Waals surface area (Å²) in [6, 6.07) is 0. The molecule has 1 heterocycles. The van der Waals surface area contributed by atoms with Crippen LogP contribution in [0.3, 0.4) is 0 Å². The Morgan fingerprint density at radius 1 is 1.23 bits per heavy atom. The molecule has 0 radical (unpaired) electrons. The Morgan fingerprint density at radius 2 is 1.77 bits per heavy atom. The lowest BCUT2D eigenvalue weighted by atomic mass is 9.48. The van der Waals surface area contributed by atoms with E-state index in [2.05, 4.69) is 4.99 Å². The number of rotatable bonds is 0. The van der Waals surface area contributed by atoms with E-state index in [4.69, 9.17) is 15.8 Å². The minimum Gasteiger partial charge on any atom is -0.468 e. The predicted molar refractivity (Wildman–Crippen MR) is 43.3 cm³/mol. The number of halogens is 1. The van der Waals surface area contributed by atoms with Crippen molar-refractivity contribution in [3.05, 3.63) is 12.4 Å². The van der Waals surface area contributed by atoms with E-state index in [-0.39, 0.29) is 0 Å². The second-order valence-electron chi connectivity index (χ2n) is 1.98. The van der Waals surface area contributed by atoms with E-state index in [1.807, 2.05) is 11.5 Å². The van der Waals surface area contributed by atoms with Crippen molar-refractivity contribution in [2.45, 2.75) is 0 Å². The monoisotopic (exact) mass is 177 g/mol. The van der Waals surface area contributed by atoms with Gasteiger partial charge in [0.05, 0.1) is 6.20 Å². The normalized spacial score (nSPS) is 11.8. The largest absolute Gasteiger partial charge is 0.468 e. The first-order valence-corrected chi connectivity index (χ1v) is 3.27. The molecule has 7 heteroatoms. The van der Waals surface area contributed by atoms with Crippen LogP contribution in [-0.4, -0.2) is 12.8 Å². The molecular weight excluding hydrogens is 172 g/mol. The Hall–Kier alpha value is -2.17. The van der Waals surface area contributed by atoms with Crippen LogP contribution < -0.4 is 5.32 Å². The Bertz CT molecular complexity index is 295. The van der Waals surface area contributed by atoms with Gasteiger partial charge in [-0.05, 0) is 0 Å². The third-order valence-electron chi connectivity index (χ3n) is 0.989. The molecule has 0 unspecified atom stereocenters. The molecule has 5 nitrogen and oxygen atoms in total. The second-order valence-corrected chi connectivity index (χ2v) is 1.98. The van der Waals surface area contributed by atoms with Gasteiger partial charge in [-0.3, -0.25) is 5.32 Å². The molecule has 1 aliphatic heterocycles. The Kier molecular flexibility index (Phi) is 4.57. The highest BCUT2D eigenvalue weighted by Gasteiger charge is 2.21. The summed E-state index contributed by atoms with van der Waals surface area (Å²) in [6.45, 7) is 0. The zero-order chi connectivity index (χ0) is 10.2. The molecule has 0 aromatic carbocycles. The highest BCUT2D eigenvalue weighted by molar-refractivity contribution is 6.93. The van der Waals surface area contributed by atoms with Gasteiger partial charge in [0.1, 0.15) is 6.20 Å². The molecule has 64 valence electrons. The molecule has 0 saturated carbocycles. The lowest BCUT2D eigenvalue weighted by molar-refractivity contribution is -0.447. The first-order chi connectivity index (χ1) is 6.18. The van der Waals surface area contributed by atoms with Crippen LogP contribution in [0.1, 0.15) is 0 Å². The van der Waals surface area contributed by atoms with Crippen LogP contribution in [0.15, 0.2) is 17.4 Å². The van der Waals surface area contributed by atoms with Crippen LogP contribution in [0.4, 0.5) is 4.32 Å². The van der Waals surface area contributed by atoms with E-state index < -0.39 is 6.42 Å². The number of hydrogen-bond donors (Lipinski definition) is 1. The summed E-state index contributed by atoms with van der Waals surface area (Å²) in [7, 11) is 0. The number of nitriles is 3. The Balaban J connectivity index is 0.000000243. The van der Waals surface area contributed by atoms with Crippen LogP contribution in [0, 0.1) is 33.7 Å². The van der Waals surface area contributed by atoms with E-state index in [9.17, 15) is 4.32 Å². The molecule has 0 saturated heterocycles. The molecule has 0 aromatic rings. The predicted octanol–water partition coefficient (Wildman–Crippen LogP) is -0.847. The number of hydrogen-bond acceptors (Lipinski definition) is 4. The maximum atomic E-state index is 12.0. The molecule has 0 amide bonds. The molecule has 0 atom stereocenters. The number of nitrogens with zero attached hydrogens (tertiary/aromatic N) is 4. The third-order valence-corrected chi connectivity index (χ3v) is 0.989. The minimum absolute atomic E-state index is 0.951. The van der Waals surface area contributed by atoms with Crippen LogP contribution in [0.2, 0.25) is 0 Å². The van der Waals surface area contributed by atoms with Gasteiger partial charge >= 0.3 is 6.42 Å². The maximum absolute atomic E-state index is 12.0. The quantitative estimate of drug-likeness (QED) is 0.487. The molecule has 0 aromatic heterocycles. The summed E-state index contributed by atoms with van der Waals surface area (Å²) in [5.41, 5.74) is 0. The van der Waals surface area contributed by atoms with Gasteiger partial charge in [0, 0.05) is 0 Å². The summed E-state index contributed by atoms with van der Waals surface area (Å²) in [4.78, 5) is 3.72. The van der Waals surface area contributed by atoms with Gasteiger partial charge in [-0.1, -0.05) is 17.9 Å². The highest BCUT2D eigenvalue weighted by Crippen LogP contribution is 1.96. The average molecular weight is 177 g/mol. The van der Waals surface area contributed by atoms with Gasteiger partial charge in [0.25, 0.3) is 0 Å². The lowest BCUT2D eigenvalue weighted by Crippen LogP contribution is -2.74. The van der Waals surface area contributed by atoms with E-state index in [0.717, 1.165) is 17.9 Å². The zero-order valence-corrected chi connectivity index (χ0v) is 6.55. The van der Waals surface area contributed by atoms with Crippen LogP contribution >= 0.6 is 0 Å². The lowest BCUT2D eigenvalue weighted by Gasteiger charge is -1.98. The Labute approximate surface area is 74.4 Å². The summed E-state index contributed by atoms with van der Waals surface area (Å²) in [6.07, 6.45) is 1.85. The van der Waals surface area contributed by atoms with Crippen LogP contribution in [-0.2, 0) is 0 Å². The van der Waals surface area contributed by atoms with Gasteiger partial charge in [-0.15, -0.1) is 0 Å². The first kappa shape index (κ1) is 10.8. The van der Waals surface area contributed by atoms with E-state index >= 15 is 0 Å². The second kappa shape index (κ2) is 5.48. The van der Waals surface area contributed by atoms with Gasteiger partial charge in [-0.2, -0.15) is 0 Å². The molecule has 2 N–H and O–H groups in total. The summed E-state index contributed by atoms with van der Waals surface area (Å²) >= 11 is 0. The minimum atomic E-state index is -3.54. The molecule has 0 fully saturated rings. The number of nitrogens with two attached hydrogens (primary N) is 1. The number of aliphatic imine (C=N–C) groups is 1. The molecule has 1 aliphatic rings. The fourth-order valence-corrected chi connectivity index (χ4v) is 0.335. The van der Waals surface area contributed by atoms with E-state index in [1.54, 1.807) is 12.5 Å². The Morgan fingerprint density at radius 3 is 1.85 bits per heavy atom. The van der Waals surface area contributed by atoms with Crippen molar-refractivity contribution < 1.29 is 9.63 Å². The van der Waals surface area contributed by atoms with Crippen molar-refractivity contribution >= 4 is 12.8 Å². The van der Waals surface area contributed by atoms with Crippen molar-refractivity contribution in [1.29, 1.82) is 15.8 Å². The van der Waals surface area contributed by atoms with Crippen LogP contribution in [0.25, 0.3) is 0 Å². The SMILES string of the molecule is C1=C[NH2+]C=N1.N#C[B-](F)(C#N)C#N. The maximum Gasteiger partial charge on any atom is 0.436 e. The highest BCUT2D eigenvalue weighted by atomic mass is 19.1. The fourth-order valence-electron chi connectivity index (χ4n) is 0.335. The standard InChI is InChI=1S/C3BFN3.C3H4N2/c5-4(1-6,2-7)3-8;1-2-5-3-4-1/h;1-3H,(H,4,5)/q-1;/p+1. The van der Waals surface area contributed by atoms with Gasteiger partial charge in [0.15, 0.2) is 6.34 Å². The van der Waals surface area contributed by atoms with Crippen molar-refractivity contribution in [1.82, 2.24) is 0 Å². The van der Waals surface area contributed by atoms with E-state index in [1.165, 1.54) is 0 Å². The van der Waals surface area contributed by atoms with Crippen molar-refractivity contribution in [3.63, 3.8) is 0 Å². The first-order valence-electron chi connectivity index (χ1n) is 3.27. The molecule has 0 spiro atoms. The third kappa shape index (κ3) is 4.31. The van der Waals surface area contributed by atoms with Gasteiger partial charge in [-0.25, -0.2) is 20.8 Å². The summed E-state index contributed by atoms with van der Waals surface area (Å²) in [5.74, 6) is 2.85. The fraction of sp³-hybridized carbons (Fsp3) is 0. The van der Waals surface area contributed by atoms with Gasteiger partial charge < -0.3 is 4.32 Å². The van der Waals surface area contributed by atoms with Crippen molar-refractivity contribution in [2.75, 3.05) is 0 Å². The number of quaternary nitrogens is 1. The molecule has 0 bridgehead atoms.